The average Bonchev–Trinajstić information content (AvgIpc) is 2.46. The SMILES string of the molecule is C=C/C(=C(Cl)\C(C)=C/C)c1nc2cc(Cl)ccc2c(=O)o1. The van der Waals surface area contributed by atoms with Gasteiger partial charge >= 0.3 is 5.63 Å². The standard InChI is InChI=1S/C16H13Cl2NO2/c1-4-9(3)14(18)11(5-2)15-19-13-8-10(17)6-7-12(13)16(20)21-15/h4-8H,2H2,1,3H3/b9-4-,14-11-. The van der Waals surface area contributed by atoms with Crippen molar-refractivity contribution in [2.75, 3.05) is 0 Å². The summed E-state index contributed by atoms with van der Waals surface area (Å²) < 4.78 is 5.25. The molecule has 108 valence electrons. The van der Waals surface area contributed by atoms with Crippen LogP contribution in [0.3, 0.4) is 0 Å². The van der Waals surface area contributed by atoms with Gasteiger partial charge in [-0.05, 0) is 37.6 Å². The van der Waals surface area contributed by atoms with Crippen molar-refractivity contribution in [3.05, 3.63) is 68.9 Å². The summed E-state index contributed by atoms with van der Waals surface area (Å²) in [5.41, 5.74) is 1.26. The summed E-state index contributed by atoms with van der Waals surface area (Å²) in [4.78, 5) is 16.3. The van der Waals surface area contributed by atoms with Gasteiger partial charge in [-0.1, -0.05) is 41.9 Å². The predicted molar refractivity (Wildman–Crippen MR) is 87.7 cm³/mol. The molecular weight excluding hydrogens is 309 g/mol. The van der Waals surface area contributed by atoms with Crippen molar-refractivity contribution in [2.45, 2.75) is 13.8 Å². The van der Waals surface area contributed by atoms with E-state index in [0.29, 0.717) is 26.5 Å². The molecule has 0 bridgehead atoms. The maximum Gasteiger partial charge on any atom is 0.347 e. The average molecular weight is 322 g/mol. The predicted octanol–water partition coefficient (Wildman–Crippen LogP) is 4.94. The number of rotatable bonds is 3. The minimum Gasteiger partial charge on any atom is -0.403 e. The van der Waals surface area contributed by atoms with Gasteiger partial charge in [0, 0.05) is 5.02 Å². The number of allylic oxidation sites excluding steroid dienone is 5. The Balaban J connectivity index is 2.77. The van der Waals surface area contributed by atoms with Gasteiger partial charge in [-0.2, -0.15) is 0 Å². The van der Waals surface area contributed by atoms with E-state index in [9.17, 15) is 4.79 Å². The van der Waals surface area contributed by atoms with E-state index in [2.05, 4.69) is 11.6 Å². The Hall–Kier alpha value is -1.84. The highest BCUT2D eigenvalue weighted by Crippen LogP contribution is 2.27. The number of fused-ring (bicyclic) bond motifs is 1. The third kappa shape index (κ3) is 3.09. The van der Waals surface area contributed by atoms with E-state index in [1.807, 2.05) is 19.9 Å². The van der Waals surface area contributed by atoms with Crippen LogP contribution in [-0.4, -0.2) is 4.98 Å². The van der Waals surface area contributed by atoms with E-state index in [-0.39, 0.29) is 5.89 Å². The van der Waals surface area contributed by atoms with Crippen LogP contribution in [0.1, 0.15) is 19.7 Å². The zero-order valence-corrected chi connectivity index (χ0v) is 13.1. The molecule has 5 heteroatoms. The van der Waals surface area contributed by atoms with Gasteiger partial charge < -0.3 is 4.42 Å². The van der Waals surface area contributed by atoms with Crippen molar-refractivity contribution in [3.63, 3.8) is 0 Å². The third-order valence-electron chi connectivity index (χ3n) is 3.04. The minimum atomic E-state index is -0.492. The summed E-state index contributed by atoms with van der Waals surface area (Å²) in [6.45, 7) is 7.42. The first kappa shape index (κ1) is 15.5. The van der Waals surface area contributed by atoms with Crippen molar-refractivity contribution in [3.8, 4) is 0 Å². The molecule has 0 radical (unpaired) electrons. The van der Waals surface area contributed by atoms with Crippen LogP contribution in [0.2, 0.25) is 5.02 Å². The van der Waals surface area contributed by atoms with Crippen molar-refractivity contribution in [1.82, 2.24) is 4.98 Å². The Kier molecular flexibility index (Phi) is 4.66. The summed E-state index contributed by atoms with van der Waals surface area (Å²) in [5, 5.41) is 1.29. The van der Waals surface area contributed by atoms with Gasteiger partial charge in [0.1, 0.15) is 0 Å². The third-order valence-corrected chi connectivity index (χ3v) is 3.78. The van der Waals surface area contributed by atoms with Crippen LogP contribution in [0.5, 0.6) is 0 Å². The van der Waals surface area contributed by atoms with E-state index in [1.54, 1.807) is 18.2 Å². The summed E-state index contributed by atoms with van der Waals surface area (Å²) in [6, 6.07) is 4.80. The van der Waals surface area contributed by atoms with Gasteiger partial charge in [0.15, 0.2) is 0 Å². The largest absolute Gasteiger partial charge is 0.403 e. The molecule has 1 heterocycles. The van der Waals surface area contributed by atoms with E-state index in [0.717, 1.165) is 5.57 Å². The van der Waals surface area contributed by atoms with E-state index >= 15 is 0 Å². The Bertz CT molecular complexity index is 832. The second-order valence-electron chi connectivity index (χ2n) is 4.37. The molecule has 3 nitrogen and oxygen atoms in total. The fourth-order valence-corrected chi connectivity index (χ4v) is 2.20. The fourth-order valence-electron chi connectivity index (χ4n) is 1.77. The monoisotopic (exact) mass is 321 g/mol. The molecule has 0 aliphatic carbocycles. The Morgan fingerprint density at radius 1 is 1.43 bits per heavy atom. The lowest BCUT2D eigenvalue weighted by atomic mass is 10.1. The number of aromatic nitrogens is 1. The highest BCUT2D eigenvalue weighted by atomic mass is 35.5. The molecule has 0 fully saturated rings. The van der Waals surface area contributed by atoms with E-state index < -0.39 is 5.63 Å². The molecule has 1 aromatic carbocycles. The second kappa shape index (κ2) is 6.29. The molecule has 2 aromatic rings. The number of benzene rings is 1. The van der Waals surface area contributed by atoms with Crippen LogP contribution in [0.4, 0.5) is 0 Å². The lowest BCUT2D eigenvalue weighted by molar-refractivity contribution is 0.487. The lowest BCUT2D eigenvalue weighted by Gasteiger charge is -2.06. The quantitative estimate of drug-likeness (QED) is 0.752. The summed E-state index contributed by atoms with van der Waals surface area (Å²) >= 11 is 12.2. The maximum absolute atomic E-state index is 12.0. The summed E-state index contributed by atoms with van der Waals surface area (Å²) in [7, 11) is 0. The van der Waals surface area contributed by atoms with Gasteiger partial charge in [-0.25, -0.2) is 9.78 Å². The first-order valence-corrected chi connectivity index (χ1v) is 6.99. The topological polar surface area (TPSA) is 43.1 Å². The number of halogens is 2. The van der Waals surface area contributed by atoms with Crippen LogP contribution in [0.15, 0.2) is 56.7 Å². The number of hydrogen-bond donors (Lipinski definition) is 0. The highest BCUT2D eigenvalue weighted by Gasteiger charge is 2.13. The van der Waals surface area contributed by atoms with Crippen molar-refractivity contribution in [1.29, 1.82) is 0 Å². The molecule has 0 spiro atoms. The van der Waals surface area contributed by atoms with Gasteiger partial charge in [0.2, 0.25) is 5.89 Å². The van der Waals surface area contributed by atoms with Gasteiger partial charge in [-0.15, -0.1) is 0 Å². The van der Waals surface area contributed by atoms with Gasteiger partial charge in [-0.3, -0.25) is 0 Å². The summed E-state index contributed by atoms with van der Waals surface area (Å²) in [5.74, 6) is 0.121. The molecule has 0 atom stereocenters. The number of hydrogen-bond acceptors (Lipinski definition) is 3. The zero-order valence-electron chi connectivity index (χ0n) is 11.6. The first-order chi connectivity index (χ1) is 9.97. The smallest absolute Gasteiger partial charge is 0.347 e. The first-order valence-electron chi connectivity index (χ1n) is 6.24. The Labute approximate surface area is 132 Å². The molecule has 21 heavy (non-hydrogen) atoms. The van der Waals surface area contributed by atoms with Crippen LogP contribution < -0.4 is 5.63 Å². The molecular formula is C16H13Cl2NO2. The lowest BCUT2D eigenvalue weighted by Crippen LogP contribution is -2.05. The van der Waals surface area contributed by atoms with Crippen molar-refractivity contribution in [2.24, 2.45) is 0 Å². The van der Waals surface area contributed by atoms with Crippen molar-refractivity contribution < 1.29 is 4.42 Å². The van der Waals surface area contributed by atoms with E-state index in [1.165, 1.54) is 6.08 Å². The molecule has 2 rings (SSSR count). The zero-order chi connectivity index (χ0) is 15.6. The molecule has 0 aliphatic rings. The molecule has 1 aromatic heterocycles. The highest BCUT2D eigenvalue weighted by molar-refractivity contribution is 6.35. The normalized spacial score (nSPS) is 13.2. The van der Waals surface area contributed by atoms with Gasteiger partial charge in [0.25, 0.3) is 0 Å². The van der Waals surface area contributed by atoms with Crippen LogP contribution in [0.25, 0.3) is 16.5 Å². The molecule has 0 amide bonds. The number of nitrogens with zero attached hydrogens (tertiary/aromatic N) is 1. The molecule has 0 aliphatic heterocycles. The van der Waals surface area contributed by atoms with Crippen LogP contribution >= 0.6 is 23.2 Å². The van der Waals surface area contributed by atoms with E-state index in [4.69, 9.17) is 27.6 Å². The van der Waals surface area contributed by atoms with Gasteiger partial charge in [0.05, 0.1) is 21.5 Å². The molecule has 0 saturated carbocycles. The summed E-state index contributed by atoms with van der Waals surface area (Å²) in [6.07, 6.45) is 3.36. The van der Waals surface area contributed by atoms with Crippen LogP contribution in [-0.2, 0) is 0 Å². The molecule has 0 saturated heterocycles. The van der Waals surface area contributed by atoms with Crippen LogP contribution in [0, 0.1) is 0 Å². The van der Waals surface area contributed by atoms with Crippen molar-refractivity contribution >= 4 is 39.7 Å². The Morgan fingerprint density at radius 2 is 2.14 bits per heavy atom. The molecule has 0 N–H and O–H groups in total. The fraction of sp³-hybridized carbons (Fsp3) is 0.125. The maximum atomic E-state index is 12.0. The minimum absolute atomic E-state index is 0.121. The Morgan fingerprint density at radius 3 is 2.76 bits per heavy atom. The molecule has 0 unspecified atom stereocenters. The second-order valence-corrected chi connectivity index (χ2v) is 5.19.